The number of alkyl halides is 3. The molecule has 1 unspecified atom stereocenters. The van der Waals surface area contributed by atoms with Crippen LogP contribution in [-0.2, 0) is 15.0 Å². The summed E-state index contributed by atoms with van der Waals surface area (Å²) in [5.41, 5.74) is -0.192. The number of amides is 1. The molecule has 1 aliphatic rings. The number of hydrogen-bond acceptors (Lipinski definition) is 4. The molecule has 0 aliphatic carbocycles. The Balaban J connectivity index is 2.24. The molecular formula is C11H8F5NO4S. The molecule has 1 atom stereocenters. The van der Waals surface area contributed by atoms with E-state index in [1.165, 1.54) is 0 Å². The van der Waals surface area contributed by atoms with Crippen LogP contribution in [0.4, 0.5) is 27.1 Å². The molecule has 1 aromatic carbocycles. The third-order valence-electron chi connectivity index (χ3n) is 2.94. The van der Waals surface area contributed by atoms with E-state index in [0.717, 1.165) is 11.0 Å². The van der Waals surface area contributed by atoms with E-state index in [0.29, 0.717) is 12.1 Å². The number of hydrogen-bond donors (Lipinski definition) is 0. The van der Waals surface area contributed by atoms with Gasteiger partial charge in [0.25, 0.3) is 0 Å². The van der Waals surface area contributed by atoms with Gasteiger partial charge in [0, 0.05) is 24.7 Å². The maximum Gasteiger partial charge on any atom is 0.573 e. The third kappa shape index (κ3) is 3.64. The molecule has 2 rings (SSSR count). The molecular weight excluding hydrogens is 337 g/mol. The van der Waals surface area contributed by atoms with Gasteiger partial charge in [0.05, 0.1) is 0 Å². The van der Waals surface area contributed by atoms with E-state index in [2.05, 4.69) is 4.74 Å². The van der Waals surface area contributed by atoms with Crippen LogP contribution in [0.3, 0.4) is 0 Å². The van der Waals surface area contributed by atoms with Crippen molar-refractivity contribution in [3.05, 3.63) is 24.0 Å². The van der Waals surface area contributed by atoms with E-state index in [-0.39, 0.29) is 5.69 Å². The van der Waals surface area contributed by atoms with Gasteiger partial charge in [-0.2, -0.15) is 8.42 Å². The van der Waals surface area contributed by atoms with Crippen molar-refractivity contribution in [3.8, 4) is 5.75 Å². The lowest BCUT2D eigenvalue weighted by Crippen LogP contribution is -2.27. The first-order valence-electron chi connectivity index (χ1n) is 5.76. The highest BCUT2D eigenvalue weighted by atomic mass is 32.3. The molecule has 11 heteroatoms. The van der Waals surface area contributed by atoms with E-state index < -0.39 is 52.3 Å². The third-order valence-corrected chi connectivity index (χ3v) is 4.05. The van der Waals surface area contributed by atoms with Crippen molar-refractivity contribution in [1.82, 2.24) is 0 Å². The van der Waals surface area contributed by atoms with Gasteiger partial charge in [0.2, 0.25) is 5.91 Å². The Kier molecular flexibility index (Phi) is 4.02. The lowest BCUT2D eigenvalue weighted by Gasteiger charge is -2.17. The number of benzene rings is 1. The van der Waals surface area contributed by atoms with Crippen molar-refractivity contribution < 1.29 is 39.4 Å². The highest BCUT2D eigenvalue weighted by Crippen LogP contribution is 2.31. The van der Waals surface area contributed by atoms with Crippen molar-refractivity contribution in [1.29, 1.82) is 0 Å². The monoisotopic (exact) mass is 345 g/mol. The number of halogens is 5. The molecule has 22 heavy (non-hydrogen) atoms. The Morgan fingerprint density at radius 3 is 2.36 bits per heavy atom. The molecule has 5 nitrogen and oxygen atoms in total. The molecule has 0 spiro atoms. The van der Waals surface area contributed by atoms with Crippen LogP contribution in [0.5, 0.6) is 5.75 Å². The number of nitrogens with zero attached hydrogens (tertiary/aromatic N) is 1. The van der Waals surface area contributed by atoms with Gasteiger partial charge in [-0.1, -0.05) is 0 Å². The maximum atomic E-state index is 13.5. The summed E-state index contributed by atoms with van der Waals surface area (Å²) >= 11 is 0. The number of carbonyl (C=O) groups excluding carboxylic acids is 1. The number of carbonyl (C=O) groups is 1. The van der Waals surface area contributed by atoms with Crippen molar-refractivity contribution in [2.24, 2.45) is 0 Å². The Labute approximate surface area is 121 Å². The van der Waals surface area contributed by atoms with Gasteiger partial charge in [0.15, 0.2) is 11.6 Å². The quantitative estimate of drug-likeness (QED) is 0.622. The lowest BCUT2D eigenvalue weighted by molar-refractivity contribution is -0.275. The predicted molar refractivity (Wildman–Crippen MR) is 63.9 cm³/mol. The summed E-state index contributed by atoms with van der Waals surface area (Å²) < 4.78 is 87.4. The van der Waals surface area contributed by atoms with E-state index in [1.54, 1.807) is 0 Å². The van der Waals surface area contributed by atoms with E-state index in [9.17, 15) is 34.7 Å². The van der Waals surface area contributed by atoms with Crippen LogP contribution in [0.1, 0.15) is 6.42 Å². The molecule has 0 saturated carbocycles. The average molecular weight is 345 g/mol. The number of ether oxygens (including phenoxy) is 1. The summed E-state index contributed by atoms with van der Waals surface area (Å²) in [6, 6.07) is 2.16. The second-order valence-corrected chi connectivity index (χ2v) is 6.09. The summed E-state index contributed by atoms with van der Waals surface area (Å²) in [5.74, 6) is -3.28. The van der Waals surface area contributed by atoms with Gasteiger partial charge in [-0.05, 0) is 12.1 Å². The van der Waals surface area contributed by atoms with Crippen molar-refractivity contribution >= 4 is 21.8 Å². The Morgan fingerprint density at radius 2 is 1.91 bits per heavy atom. The van der Waals surface area contributed by atoms with Crippen LogP contribution in [0.25, 0.3) is 0 Å². The minimum Gasteiger partial charge on any atom is -0.403 e. The first kappa shape index (κ1) is 16.5. The van der Waals surface area contributed by atoms with Crippen LogP contribution in [0.2, 0.25) is 0 Å². The highest BCUT2D eigenvalue weighted by Gasteiger charge is 2.39. The predicted octanol–water partition coefficient (Wildman–Crippen LogP) is 2.13. The largest absolute Gasteiger partial charge is 0.573 e. The zero-order valence-corrected chi connectivity index (χ0v) is 11.4. The number of rotatable bonds is 3. The maximum absolute atomic E-state index is 13.5. The van der Waals surface area contributed by atoms with Crippen LogP contribution in [-0.4, -0.2) is 32.5 Å². The zero-order valence-electron chi connectivity index (χ0n) is 10.6. The van der Waals surface area contributed by atoms with E-state index >= 15 is 0 Å². The molecule has 1 aliphatic heterocycles. The van der Waals surface area contributed by atoms with Gasteiger partial charge in [-0.15, -0.1) is 17.1 Å². The smallest absolute Gasteiger partial charge is 0.403 e. The van der Waals surface area contributed by atoms with Gasteiger partial charge >= 0.3 is 16.6 Å². The fraction of sp³-hybridized carbons (Fsp3) is 0.364. The molecule has 0 bridgehead atoms. The van der Waals surface area contributed by atoms with Crippen LogP contribution in [0, 0.1) is 5.82 Å². The molecule has 0 radical (unpaired) electrons. The molecule has 1 saturated heterocycles. The summed E-state index contributed by atoms with van der Waals surface area (Å²) in [5, 5.41) is -1.59. The topological polar surface area (TPSA) is 63.7 Å². The zero-order chi connectivity index (χ0) is 16.7. The summed E-state index contributed by atoms with van der Waals surface area (Å²) in [6.45, 7) is -0.545. The standard InChI is InChI=1S/C11H8F5NO4S/c12-8-3-6(1-2-9(8)21-11(13,14)15)17-5-7(4-10(17)18)22(16,19)20/h1-3,7H,4-5H2. The molecule has 1 heterocycles. The summed E-state index contributed by atoms with van der Waals surface area (Å²) in [4.78, 5) is 12.4. The molecule has 1 amide bonds. The van der Waals surface area contributed by atoms with Gasteiger partial charge in [-0.25, -0.2) is 4.39 Å². The van der Waals surface area contributed by atoms with Crippen LogP contribution in [0.15, 0.2) is 18.2 Å². The molecule has 1 fully saturated rings. The molecule has 1 aromatic rings. The van der Waals surface area contributed by atoms with Gasteiger partial charge in [0.1, 0.15) is 5.25 Å². The van der Waals surface area contributed by atoms with Crippen molar-refractivity contribution in [2.45, 2.75) is 18.0 Å². The normalized spacial score (nSPS) is 19.6. The van der Waals surface area contributed by atoms with Crippen LogP contribution < -0.4 is 9.64 Å². The summed E-state index contributed by atoms with van der Waals surface area (Å²) in [6.07, 6.45) is -5.71. The molecule has 122 valence electrons. The van der Waals surface area contributed by atoms with Gasteiger partial charge in [-0.3, -0.25) is 4.79 Å². The minimum atomic E-state index is -5.08. The first-order chi connectivity index (χ1) is 9.97. The SMILES string of the molecule is O=C1CC(S(=O)(=O)F)CN1c1ccc(OC(F)(F)F)c(F)c1. The Morgan fingerprint density at radius 1 is 1.27 bits per heavy atom. The summed E-state index contributed by atoms with van der Waals surface area (Å²) in [7, 11) is -4.95. The fourth-order valence-corrected chi connectivity index (χ4v) is 2.65. The fourth-order valence-electron chi connectivity index (χ4n) is 1.98. The first-order valence-corrected chi connectivity index (χ1v) is 7.21. The number of anilines is 1. The van der Waals surface area contributed by atoms with E-state index in [4.69, 9.17) is 0 Å². The Hall–Kier alpha value is -1.91. The second kappa shape index (κ2) is 5.38. The second-order valence-electron chi connectivity index (χ2n) is 4.47. The van der Waals surface area contributed by atoms with Crippen LogP contribution >= 0.6 is 0 Å². The highest BCUT2D eigenvalue weighted by molar-refractivity contribution is 7.87. The van der Waals surface area contributed by atoms with E-state index in [1.807, 2.05) is 0 Å². The Bertz CT molecular complexity index is 703. The van der Waals surface area contributed by atoms with Crippen molar-refractivity contribution in [3.63, 3.8) is 0 Å². The lowest BCUT2D eigenvalue weighted by atomic mass is 10.2. The molecule has 0 N–H and O–H groups in total. The minimum absolute atomic E-state index is 0.192. The van der Waals surface area contributed by atoms with Crippen molar-refractivity contribution in [2.75, 3.05) is 11.4 Å². The average Bonchev–Trinajstić information content (AvgIpc) is 2.72. The molecule has 0 aromatic heterocycles. The van der Waals surface area contributed by atoms with Gasteiger partial charge < -0.3 is 9.64 Å².